The van der Waals surface area contributed by atoms with Gasteiger partial charge in [0.05, 0.1) is 0 Å². The predicted molar refractivity (Wildman–Crippen MR) is 52.6 cm³/mol. The van der Waals surface area contributed by atoms with Crippen LogP contribution >= 0.6 is 0 Å². The van der Waals surface area contributed by atoms with E-state index in [2.05, 4.69) is 11.6 Å². The molecule has 3 nitrogen and oxygen atoms in total. The molecule has 0 spiro atoms. The Kier molecular flexibility index (Phi) is 3.67. The van der Waals surface area contributed by atoms with Crippen molar-refractivity contribution in [1.29, 1.82) is 0 Å². The van der Waals surface area contributed by atoms with E-state index in [0.29, 0.717) is 11.9 Å². The van der Waals surface area contributed by atoms with Crippen molar-refractivity contribution in [3.63, 3.8) is 0 Å². The molecular weight excluding hydrogens is 165 g/mol. The van der Waals surface area contributed by atoms with E-state index in [9.17, 15) is 0 Å². The Labute approximate surface area is 77.9 Å². The minimum atomic E-state index is -1.44. The molecular formula is C9H12BNO2. The molecule has 1 aromatic heterocycles. The van der Waals surface area contributed by atoms with Crippen LogP contribution in [0.15, 0.2) is 31.0 Å². The van der Waals surface area contributed by atoms with Crippen LogP contribution in [0.2, 0.25) is 0 Å². The summed E-state index contributed by atoms with van der Waals surface area (Å²) in [5.74, 6) is 0. The fraction of sp³-hybridized carbons (Fsp3) is 0.222. The summed E-state index contributed by atoms with van der Waals surface area (Å²) >= 11 is 0. The van der Waals surface area contributed by atoms with Crippen LogP contribution < -0.4 is 5.46 Å². The zero-order valence-corrected chi connectivity index (χ0v) is 7.35. The maximum atomic E-state index is 8.99. The van der Waals surface area contributed by atoms with Gasteiger partial charge < -0.3 is 10.0 Å². The highest BCUT2D eigenvalue weighted by Gasteiger charge is 2.15. The number of pyridine rings is 1. The molecule has 0 unspecified atom stereocenters. The fourth-order valence-corrected chi connectivity index (χ4v) is 1.13. The van der Waals surface area contributed by atoms with Gasteiger partial charge in [0, 0.05) is 17.4 Å². The Morgan fingerprint density at radius 1 is 1.54 bits per heavy atom. The summed E-state index contributed by atoms with van der Waals surface area (Å²) in [6, 6.07) is 3.35. The molecule has 13 heavy (non-hydrogen) atoms. The molecule has 0 aromatic carbocycles. The lowest BCUT2D eigenvalue weighted by Crippen LogP contribution is -2.33. The lowest BCUT2D eigenvalue weighted by Gasteiger charge is -2.05. The zero-order chi connectivity index (χ0) is 9.68. The SMILES string of the molecule is C=CCCc1ncccc1B(O)O. The predicted octanol–water partition coefficient (Wildman–Crippen LogP) is -0.120. The van der Waals surface area contributed by atoms with Crippen molar-refractivity contribution in [1.82, 2.24) is 4.98 Å². The number of hydrogen-bond acceptors (Lipinski definition) is 3. The maximum Gasteiger partial charge on any atom is 0.490 e. The van der Waals surface area contributed by atoms with Gasteiger partial charge in [0.25, 0.3) is 0 Å². The zero-order valence-electron chi connectivity index (χ0n) is 7.35. The number of aryl methyl sites for hydroxylation is 1. The van der Waals surface area contributed by atoms with Crippen molar-refractivity contribution < 1.29 is 10.0 Å². The molecule has 0 atom stereocenters. The van der Waals surface area contributed by atoms with Gasteiger partial charge in [-0.05, 0) is 18.9 Å². The van der Waals surface area contributed by atoms with Crippen molar-refractivity contribution in [3.8, 4) is 0 Å². The van der Waals surface area contributed by atoms with E-state index in [0.717, 1.165) is 12.1 Å². The number of nitrogens with zero attached hydrogens (tertiary/aromatic N) is 1. The third-order valence-corrected chi connectivity index (χ3v) is 1.79. The average molecular weight is 177 g/mol. The summed E-state index contributed by atoms with van der Waals surface area (Å²) in [7, 11) is -1.44. The standard InChI is InChI=1S/C9H12BNO2/c1-2-3-6-9-8(10(12)13)5-4-7-11-9/h2,4-5,7,12-13H,1,3,6H2. The first-order valence-corrected chi connectivity index (χ1v) is 4.16. The lowest BCUT2D eigenvalue weighted by atomic mass is 9.78. The van der Waals surface area contributed by atoms with Crippen LogP contribution in [0.4, 0.5) is 0 Å². The van der Waals surface area contributed by atoms with E-state index in [1.165, 1.54) is 0 Å². The summed E-state index contributed by atoms with van der Waals surface area (Å²) < 4.78 is 0. The Morgan fingerprint density at radius 3 is 2.92 bits per heavy atom. The normalized spacial score (nSPS) is 9.69. The minimum absolute atomic E-state index is 0.476. The van der Waals surface area contributed by atoms with Gasteiger partial charge in [0.15, 0.2) is 0 Å². The first-order chi connectivity index (χ1) is 6.25. The molecule has 4 heteroatoms. The first-order valence-electron chi connectivity index (χ1n) is 4.16. The molecule has 0 amide bonds. The van der Waals surface area contributed by atoms with Gasteiger partial charge in [0.2, 0.25) is 0 Å². The van der Waals surface area contributed by atoms with Gasteiger partial charge in [-0.15, -0.1) is 6.58 Å². The summed E-state index contributed by atoms with van der Waals surface area (Å²) in [6.45, 7) is 3.60. The molecule has 0 saturated heterocycles. The molecule has 0 aliphatic carbocycles. The van der Waals surface area contributed by atoms with Gasteiger partial charge in [-0.25, -0.2) is 0 Å². The molecule has 1 rings (SSSR count). The Bertz CT molecular complexity index is 289. The minimum Gasteiger partial charge on any atom is -0.423 e. The van der Waals surface area contributed by atoms with Crippen molar-refractivity contribution in [2.45, 2.75) is 12.8 Å². The summed E-state index contributed by atoms with van der Waals surface area (Å²) in [6.07, 6.45) is 4.90. The maximum absolute atomic E-state index is 8.99. The van der Waals surface area contributed by atoms with Crippen molar-refractivity contribution in [2.24, 2.45) is 0 Å². The molecule has 2 N–H and O–H groups in total. The number of aromatic nitrogens is 1. The Balaban J connectivity index is 2.84. The van der Waals surface area contributed by atoms with Crippen LogP contribution in [0.5, 0.6) is 0 Å². The summed E-state index contributed by atoms with van der Waals surface area (Å²) in [5, 5.41) is 18.0. The summed E-state index contributed by atoms with van der Waals surface area (Å²) in [4.78, 5) is 4.07. The monoisotopic (exact) mass is 177 g/mol. The lowest BCUT2D eigenvalue weighted by molar-refractivity contribution is 0.425. The second-order valence-electron chi connectivity index (χ2n) is 2.74. The van der Waals surface area contributed by atoms with Crippen molar-refractivity contribution >= 4 is 12.6 Å². The second-order valence-corrected chi connectivity index (χ2v) is 2.74. The largest absolute Gasteiger partial charge is 0.490 e. The first kappa shape index (κ1) is 9.96. The molecule has 0 bridgehead atoms. The van der Waals surface area contributed by atoms with E-state index < -0.39 is 7.12 Å². The van der Waals surface area contributed by atoms with Crippen LogP contribution in [0.1, 0.15) is 12.1 Å². The van der Waals surface area contributed by atoms with Crippen LogP contribution in [0.25, 0.3) is 0 Å². The number of rotatable bonds is 4. The quantitative estimate of drug-likeness (QED) is 0.497. The van der Waals surface area contributed by atoms with Gasteiger partial charge in [-0.3, -0.25) is 4.98 Å². The third-order valence-electron chi connectivity index (χ3n) is 1.79. The summed E-state index contributed by atoms with van der Waals surface area (Å²) in [5.41, 5.74) is 1.20. The fourth-order valence-electron chi connectivity index (χ4n) is 1.13. The third kappa shape index (κ3) is 2.68. The molecule has 1 aromatic rings. The number of hydrogen-bond donors (Lipinski definition) is 2. The molecule has 1 heterocycles. The highest BCUT2D eigenvalue weighted by molar-refractivity contribution is 6.59. The van der Waals surface area contributed by atoms with Crippen molar-refractivity contribution in [2.75, 3.05) is 0 Å². The van der Waals surface area contributed by atoms with Gasteiger partial charge >= 0.3 is 7.12 Å². The van der Waals surface area contributed by atoms with Gasteiger partial charge in [-0.2, -0.15) is 0 Å². The topological polar surface area (TPSA) is 53.4 Å². The molecule has 0 radical (unpaired) electrons. The van der Waals surface area contributed by atoms with Crippen LogP contribution in [0, 0.1) is 0 Å². The Morgan fingerprint density at radius 2 is 2.31 bits per heavy atom. The van der Waals surface area contributed by atoms with E-state index in [1.54, 1.807) is 24.4 Å². The van der Waals surface area contributed by atoms with Gasteiger partial charge in [0.1, 0.15) is 0 Å². The highest BCUT2D eigenvalue weighted by atomic mass is 16.4. The van der Waals surface area contributed by atoms with Crippen LogP contribution in [-0.2, 0) is 6.42 Å². The second kappa shape index (κ2) is 4.79. The van der Waals surface area contributed by atoms with E-state index in [-0.39, 0.29) is 0 Å². The van der Waals surface area contributed by atoms with Gasteiger partial charge in [-0.1, -0.05) is 12.1 Å². The van der Waals surface area contributed by atoms with E-state index in [4.69, 9.17) is 10.0 Å². The number of allylic oxidation sites excluding steroid dienone is 1. The van der Waals surface area contributed by atoms with Crippen LogP contribution in [0.3, 0.4) is 0 Å². The van der Waals surface area contributed by atoms with Crippen molar-refractivity contribution in [3.05, 3.63) is 36.7 Å². The smallest absolute Gasteiger partial charge is 0.423 e. The average Bonchev–Trinajstić information content (AvgIpc) is 2.15. The Hall–Kier alpha value is -1.13. The molecule has 0 aliphatic heterocycles. The van der Waals surface area contributed by atoms with E-state index in [1.807, 2.05) is 0 Å². The van der Waals surface area contributed by atoms with E-state index >= 15 is 0 Å². The molecule has 0 aliphatic rings. The molecule has 68 valence electrons. The van der Waals surface area contributed by atoms with Crippen LogP contribution in [-0.4, -0.2) is 22.2 Å². The molecule has 0 fully saturated rings. The highest BCUT2D eigenvalue weighted by Crippen LogP contribution is 1.97. The molecule has 0 saturated carbocycles.